The first kappa shape index (κ1) is 17.5. The van der Waals surface area contributed by atoms with Crippen LogP contribution in [0.4, 0.5) is 0 Å². The molecule has 0 unspecified atom stereocenters. The predicted molar refractivity (Wildman–Crippen MR) is 101 cm³/mol. The molecule has 3 rings (SSSR count). The highest BCUT2D eigenvalue weighted by Crippen LogP contribution is 2.23. The second-order valence-electron chi connectivity index (χ2n) is 5.67. The molecule has 130 valence electrons. The number of amides is 2. The number of carbonyl (C=O) groups excluding carboxylic acids is 2. The fraction of sp³-hybridized carbons (Fsp3) is 0.222. The van der Waals surface area contributed by atoms with Crippen LogP contribution in [0.1, 0.15) is 16.1 Å². The number of halogens is 1. The van der Waals surface area contributed by atoms with Crippen molar-refractivity contribution in [2.45, 2.75) is 6.42 Å². The minimum absolute atomic E-state index is 0.0484. The fourth-order valence-corrected chi connectivity index (χ4v) is 3.68. The van der Waals surface area contributed by atoms with Crippen molar-refractivity contribution in [3.63, 3.8) is 0 Å². The Morgan fingerprint density at radius 1 is 1.20 bits per heavy atom. The lowest BCUT2D eigenvalue weighted by molar-refractivity contribution is -0.120. The summed E-state index contributed by atoms with van der Waals surface area (Å²) in [5, 5.41) is 8.12. The summed E-state index contributed by atoms with van der Waals surface area (Å²) in [6.07, 6.45) is 0.689. The van der Waals surface area contributed by atoms with Crippen LogP contribution in [0.25, 0.3) is 10.2 Å². The average molecular weight is 376 g/mol. The van der Waals surface area contributed by atoms with E-state index in [-0.39, 0.29) is 18.4 Å². The van der Waals surface area contributed by atoms with E-state index in [1.165, 1.54) is 0 Å². The summed E-state index contributed by atoms with van der Waals surface area (Å²) in [7, 11) is 1.84. The Kier molecular flexibility index (Phi) is 5.40. The SMILES string of the molecule is Cn1c(C(=O)NCC(=O)NCCc2cccc(Cl)c2)cc2sccc21. The van der Waals surface area contributed by atoms with Gasteiger partial charge in [0.05, 0.1) is 16.8 Å². The number of fused-ring (bicyclic) bond motifs is 1. The lowest BCUT2D eigenvalue weighted by atomic mass is 10.1. The zero-order valence-electron chi connectivity index (χ0n) is 13.7. The molecule has 1 aromatic carbocycles. The molecule has 0 saturated heterocycles. The maximum atomic E-state index is 12.2. The van der Waals surface area contributed by atoms with Crippen LogP contribution in [0.15, 0.2) is 41.8 Å². The van der Waals surface area contributed by atoms with Crippen LogP contribution in [0.5, 0.6) is 0 Å². The summed E-state index contributed by atoms with van der Waals surface area (Å²) in [4.78, 5) is 24.1. The van der Waals surface area contributed by atoms with Crippen molar-refractivity contribution in [1.29, 1.82) is 0 Å². The van der Waals surface area contributed by atoms with Gasteiger partial charge in [-0.05, 0) is 41.6 Å². The van der Waals surface area contributed by atoms with Crippen molar-refractivity contribution in [3.8, 4) is 0 Å². The molecule has 25 heavy (non-hydrogen) atoms. The summed E-state index contributed by atoms with van der Waals surface area (Å²) in [5.74, 6) is -0.470. The number of carbonyl (C=O) groups is 2. The van der Waals surface area contributed by atoms with E-state index in [1.807, 2.05) is 53.4 Å². The molecule has 2 heterocycles. The first-order valence-electron chi connectivity index (χ1n) is 7.87. The Labute approximate surface area is 154 Å². The van der Waals surface area contributed by atoms with Crippen molar-refractivity contribution in [1.82, 2.24) is 15.2 Å². The fourth-order valence-electron chi connectivity index (χ4n) is 2.62. The van der Waals surface area contributed by atoms with Crippen molar-refractivity contribution in [3.05, 3.63) is 58.1 Å². The number of hydrogen-bond acceptors (Lipinski definition) is 3. The van der Waals surface area contributed by atoms with Crippen LogP contribution >= 0.6 is 22.9 Å². The number of nitrogens with zero attached hydrogens (tertiary/aromatic N) is 1. The van der Waals surface area contributed by atoms with Crippen LogP contribution in [0.3, 0.4) is 0 Å². The molecule has 2 amide bonds. The van der Waals surface area contributed by atoms with Gasteiger partial charge in [0.25, 0.3) is 5.91 Å². The lowest BCUT2D eigenvalue weighted by Crippen LogP contribution is -2.38. The van der Waals surface area contributed by atoms with E-state index < -0.39 is 0 Å². The molecule has 2 aromatic heterocycles. The quantitative estimate of drug-likeness (QED) is 0.695. The molecule has 3 aromatic rings. The molecule has 0 atom stereocenters. The third kappa shape index (κ3) is 4.21. The smallest absolute Gasteiger partial charge is 0.268 e. The Morgan fingerprint density at radius 2 is 2.04 bits per heavy atom. The average Bonchev–Trinajstić information content (AvgIpc) is 3.16. The number of aromatic nitrogens is 1. The highest BCUT2D eigenvalue weighted by molar-refractivity contribution is 7.17. The second-order valence-corrected chi connectivity index (χ2v) is 7.06. The van der Waals surface area contributed by atoms with E-state index in [0.717, 1.165) is 15.8 Å². The molecule has 2 N–H and O–H groups in total. The highest BCUT2D eigenvalue weighted by Gasteiger charge is 2.14. The zero-order chi connectivity index (χ0) is 17.8. The monoisotopic (exact) mass is 375 g/mol. The van der Waals surface area contributed by atoms with Crippen LogP contribution in [-0.4, -0.2) is 29.5 Å². The summed E-state index contributed by atoms with van der Waals surface area (Å²) in [6.45, 7) is 0.447. The normalized spacial score (nSPS) is 10.8. The molecule has 5 nitrogen and oxygen atoms in total. The minimum atomic E-state index is -0.254. The van der Waals surface area contributed by atoms with Gasteiger partial charge in [-0.1, -0.05) is 23.7 Å². The molecule has 0 bridgehead atoms. The number of nitrogens with one attached hydrogen (secondary N) is 2. The predicted octanol–water partition coefficient (Wildman–Crippen LogP) is 2.98. The van der Waals surface area contributed by atoms with E-state index in [2.05, 4.69) is 10.6 Å². The van der Waals surface area contributed by atoms with Crippen molar-refractivity contribution in [2.75, 3.05) is 13.1 Å². The third-order valence-corrected chi connectivity index (χ3v) is 5.02. The summed E-state index contributed by atoms with van der Waals surface area (Å²) >= 11 is 7.51. The molecule has 0 saturated carbocycles. The van der Waals surface area contributed by atoms with Crippen molar-refractivity contribution < 1.29 is 9.59 Å². The van der Waals surface area contributed by atoms with Gasteiger partial charge in [-0.3, -0.25) is 9.59 Å². The molecule has 0 aliphatic heterocycles. The van der Waals surface area contributed by atoms with Gasteiger partial charge in [-0.2, -0.15) is 0 Å². The van der Waals surface area contributed by atoms with Gasteiger partial charge >= 0.3 is 0 Å². The van der Waals surface area contributed by atoms with E-state index >= 15 is 0 Å². The van der Waals surface area contributed by atoms with E-state index in [4.69, 9.17) is 11.6 Å². The molecule has 0 radical (unpaired) electrons. The van der Waals surface area contributed by atoms with Gasteiger partial charge in [0, 0.05) is 18.6 Å². The molecule has 7 heteroatoms. The lowest BCUT2D eigenvalue weighted by Gasteiger charge is -2.08. The standard InChI is InChI=1S/C18H18ClN3O2S/c1-22-14-6-8-25-16(14)10-15(22)18(24)21-11-17(23)20-7-5-12-3-2-4-13(19)9-12/h2-4,6,8-10H,5,7,11H2,1H3,(H,20,23)(H,21,24). The van der Waals surface area contributed by atoms with E-state index in [9.17, 15) is 9.59 Å². The topological polar surface area (TPSA) is 63.1 Å². The van der Waals surface area contributed by atoms with Crippen LogP contribution < -0.4 is 10.6 Å². The molecule has 0 aliphatic rings. The Bertz CT molecular complexity index is 916. The summed E-state index contributed by atoms with van der Waals surface area (Å²) in [5.41, 5.74) is 2.62. The van der Waals surface area contributed by atoms with Gasteiger partial charge in [-0.15, -0.1) is 11.3 Å². The number of aryl methyl sites for hydroxylation is 1. The zero-order valence-corrected chi connectivity index (χ0v) is 15.3. The van der Waals surface area contributed by atoms with E-state index in [0.29, 0.717) is 23.7 Å². The van der Waals surface area contributed by atoms with Gasteiger partial charge in [0.1, 0.15) is 5.69 Å². The van der Waals surface area contributed by atoms with Crippen molar-refractivity contribution in [2.24, 2.45) is 7.05 Å². The van der Waals surface area contributed by atoms with Gasteiger partial charge in [0.15, 0.2) is 0 Å². The number of hydrogen-bond donors (Lipinski definition) is 2. The Balaban J connectivity index is 1.46. The molecular weight excluding hydrogens is 358 g/mol. The maximum absolute atomic E-state index is 12.2. The summed E-state index contributed by atoms with van der Waals surface area (Å²) in [6, 6.07) is 11.3. The van der Waals surface area contributed by atoms with E-state index in [1.54, 1.807) is 11.3 Å². The third-order valence-electron chi connectivity index (χ3n) is 3.93. The van der Waals surface area contributed by atoms with Gasteiger partial charge < -0.3 is 15.2 Å². The van der Waals surface area contributed by atoms with Gasteiger partial charge in [0.2, 0.25) is 5.91 Å². The molecule has 0 spiro atoms. The Hall–Kier alpha value is -2.31. The highest BCUT2D eigenvalue weighted by atomic mass is 35.5. The first-order valence-corrected chi connectivity index (χ1v) is 9.12. The molecular formula is C18H18ClN3O2S. The Morgan fingerprint density at radius 3 is 2.80 bits per heavy atom. The van der Waals surface area contributed by atoms with Gasteiger partial charge in [-0.25, -0.2) is 0 Å². The first-order chi connectivity index (χ1) is 12.0. The van der Waals surface area contributed by atoms with Crippen LogP contribution in [-0.2, 0) is 18.3 Å². The molecule has 0 fully saturated rings. The van der Waals surface area contributed by atoms with Crippen molar-refractivity contribution >= 4 is 45.0 Å². The summed E-state index contributed by atoms with van der Waals surface area (Å²) < 4.78 is 2.89. The minimum Gasteiger partial charge on any atom is -0.354 e. The van der Waals surface area contributed by atoms with Crippen LogP contribution in [0.2, 0.25) is 5.02 Å². The van der Waals surface area contributed by atoms with Crippen LogP contribution in [0, 0.1) is 0 Å². The largest absolute Gasteiger partial charge is 0.354 e. The molecule has 0 aliphatic carbocycles. The number of thiophene rings is 1. The number of rotatable bonds is 6. The number of benzene rings is 1. The second kappa shape index (κ2) is 7.72. The maximum Gasteiger partial charge on any atom is 0.268 e.